The van der Waals surface area contributed by atoms with Crippen molar-refractivity contribution in [2.75, 3.05) is 0 Å². The van der Waals surface area contributed by atoms with Gasteiger partial charge in [0.2, 0.25) is 0 Å². The molecule has 0 spiro atoms. The molecule has 0 amide bonds. The van der Waals surface area contributed by atoms with Crippen molar-refractivity contribution in [2.24, 2.45) is 0 Å². The number of fused-ring (bicyclic) bond motifs is 6. The molecule has 0 aliphatic heterocycles. The normalized spacial score (nSPS) is 11.4. The van der Waals surface area contributed by atoms with E-state index in [1.807, 2.05) is 0 Å². The minimum Gasteiger partial charge on any atom is -0.248 e. The Kier molecular flexibility index (Phi) is 3.54. The second-order valence-corrected chi connectivity index (χ2v) is 7.43. The molecule has 6 aromatic rings. The van der Waals surface area contributed by atoms with E-state index in [1.165, 1.54) is 43.1 Å². The van der Waals surface area contributed by atoms with E-state index in [2.05, 4.69) is 109 Å². The van der Waals surface area contributed by atoms with Crippen molar-refractivity contribution >= 4 is 54.5 Å². The molecule has 0 unspecified atom stereocenters. The zero-order valence-electron chi connectivity index (χ0n) is 15.8. The Morgan fingerprint density at radius 3 is 1.28 bits per heavy atom. The lowest BCUT2D eigenvalue weighted by atomic mass is 9.99. The molecule has 1 heteroatoms. The summed E-state index contributed by atoms with van der Waals surface area (Å²) in [5.74, 6) is 0. The molecule has 6 rings (SSSR count). The second kappa shape index (κ2) is 6.35. The van der Waals surface area contributed by atoms with Gasteiger partial charge in [0.1, 0.15) is 0 Å². The lowest BCUT2D eigenvalue weighted by Gasteiger charge is -2.12. The van der Waals surface area contributed by atoms with Crippen LogP contribution >= 0.6 is 0 Å². The molecule has 29 heavy (non-hydrogen) atoms. The van der Waals surface area contributed by atoms with E-state index in [-0.39, 0.29) is 0 Å². The number of hydrogen-bond donors (Lipinski definition) is 0. The van der Waals surface area contributed by atoms with Gasteiger partial charge in [-0.3, -0.25) is 0 Å². The minimum atomic E-state index is 1.01. The Morgan fingerprint density at radius 1 is 0.310 bits per heavy atom. The van der Waals surface area contributed by atoms with E-state index in [9.17, 15) is 0 Å². The average Bonchev–Trinajstić information content (AvgIpc) is 2.79. The van der Waals surface area contributed by atoms with Crippen LogP contribution in [0.5, 0.6) is 0 Å². The topological polar surface area (TPSA) is 14.1 Å². The molecule has 0 saturated carbocycles. The second-order valence-electron chi connectivity index (χ2n) is 7.43. The Bertz CT molecular complexity index is 1410. The van der Waals surface area contributed by atoms with E-state index in [4.69, 9.17) is 5.32 Å². The Morgan fingerprint density at radius 2 is 0.759 bits per heavy atom. The number of nitrogens with zero attached hydrogens (tertiary/aromatic N) is 1. The molecule has 135 valence electrons. The van der Waals surface area contributed by atoms with Gasteiger partial charge < -0.3 is 0 Å². The number of hydrogen-bond acceptors (Lipinski definition) is 0. The third-order valence-electron chi connectivity index (χ3n) is 5.77. The van der Waals surface area contributed by atoms with Gasteiger partial charge in [0.05, 0.1) is 11.4 Å². The van der Waals surface area contributed by atoms with Crippen molar-refractivity contribution in [3.63, 3.8) is 0 Å². The van der Waals surface area contributed by atoms with Gasteiger partial charge in [0.25, 0.3) is 0 Å². The highest BCUT2D eigenvalue weighted by atomic mass is 14.9. The summed E-state index contributed by atoms with van der Waals surface area (Å²) in [7, 11) is 0. The van der Waals surface area contributed by atoms with Crippen LogP contribution in [-0.2, 0) is 0 Å². The molecule has 0 bridgehead atoms. The van der Waals surface area contributed by atoms with Crippen LogP contribution in [0.15, 0.2) is 109 Å². The fourth-order valence-electron chi connectivity index (χ4n) is 4.37. The van der Waals surface area contributed by atoms with Gasteiger partial charge in [-0.05, 0) is 44.5 Å². The van der Waals surface area contributed by atoms with Crippen LogP contribution in [0.1, 0.15) is 0 Å². The van der Waals surface area contributed by atoms with Gasteiger partial charge in [-0.25, -0.2) is 5.32 Å². The predicted octanol–water partition coefficient (Wildman–Crippen LogP) is 7.87. The van der Waals surface area contributed by atoms with Crippen molar-refractivity contribution in [1.29, 1.82) is 0 Å². The lowest BCUT2D eigenvalue weighted by Crippen LogP contribution is -1.92. The highest BCUT2D eigenvalue weighted by Crippen LogP contribution is 2.35. The Labute approximate surface area is 169 Å². The third-order valence-corrected chi connectivity index (χ3v) is 5.77. The molecule has 0 heterocycles. The quantitative estimate of drug-likeness (QED) is 0.276. The first-order chi connectivity index (χ1) is 14.4. The average molecular weight is 368 g/mol. The van der Waals surface area contributed by atoms with Crippen LogP contribution in [0.2, 0.25) is 0 Å². The Hall–Kier alpha value is -3.84. The highest BCUT2D eigenvalue weighted by Gasteiger charge is 2.09. The molecule has 0 fully saturated rings. The third kappa shape index (κ3) is 2.55. The first-order valence-electron chi connectivity index (χ1n) is 9.91. The Balaban J connectivity index is 1.56. The molecule has 0 aliphatic rings. The van der Waals surface area contributed by atoms with Gasteiger partial charge in [-0.1, -0.05) is 97.1 Å². The predicted molar refractivity (Wildman–Crippen MR) is 124 cm³/mol. The van der Waals surface area contributed by atoms with E-state index < -0.39 is 0 Å². The van der Waals surface area contributed by atoms with Crippen LogP contribution in [0, 0.1) is 0 Å². The van der Waals surface area contributed by atoms with Crippen LogP contribution in [0.4, 0.5) is 11.4 Å². The van der Waals surface area contributed by atoms with Gasteiger partial charge in [0, 0.05) is 10.8 Å². The summed E-state index contributed by atoms with van der Waals surface area (Å²) >= 11 is 0. The zero-order valence-corrected chi connectivity index (χ0v) is 15.8. The van der Waals surface area contributed by atoms with Crippen molar-refractivity contribution in [3.05, 3.63) is 109 Å². The van der Waals surface area contributed by atoms with Crippen molar-refractivity contribution in [2.45, 2.75) is 0 Å². The summed E-state index contributed by atoms with van der Waals surface area (Å²) < 4.78 is 0. The monoisotopic (exact) mass is 368 g/mol. The van der Waals surface area contributed by atoms with Crippen LogP contribution in [0.3, 0.4) is 0 Å². The fraction of sp³-hybridized carbons (Fsp3) is 0. The first-order valence-corrected chi connectivity index (χ1v) is 9.91. The maximum absolute atomic E-state index is 5.11. The van der Waals surface area contributed by atoms with Crippen LogP contribution in [-0.4, -0.2) is 0 Å². The van der Waals surface area contributed by atoms with Crippen molar-refractivity contribution in [1.82, 2.24) is 5.32 Å². The summed E-state index contributed by atoms with van der Waals surface area (Å²) in [4.78, 5) is 0. The van der Waals surface area contributed by atoms with Crippen LogP contribution in [0.25, 0.3) is 43.1 Å². The van der Waals surface area contributed by atoms with Crippen LogP contribution < -0.4 is 5.32 Å². The smallest absolute Gasteiger partial charge is 0.0715 e. The zero-order chi connectivity index (χ0) is 19.2. The van der Waals surface area contributed by atoms with E-state index >= 15 is 0 Å². The molecule has 0 aromatic heterocycles. The molecular formula is C28H18N. The number of rotatable bonds is 2. The standard InChI is InChI=1S/C28H18N/c1-3-9-21-19(7-1)15-17-25-23(21)11-5-13-27(25)29-28-14-6-12-24-22-10-4-2-8-20(22)16-18-26(24)28/h1-18H. The van der Waals surface area contributed by atoms with Gasteiger partial charge in [-0.15, -0.1) is 0 Å². The lowest BCUT2D eigenvalue weighted by molar-refractivity contribution is 1.22. The summed E-state index contributed by atoms with van der Waals surface area (Å²) in [5, 5.41) is 15.0. The molecule has 0 aliphatic carbocycles. The minimum absolute atomic E-state index is 1.01. The molecule has 0 atom stereocenters. The largest absolute Gasteiger partial charge is 0.248 e. The fourth-order valence-corrected chi connectivity index (χ4v) is 4.37. The summed E-state index contributed by atoms with van der Waals surface area (Å²) in [6.07, 6.45) is 0. The van der Waals surface area contributed by atoms with Gasteiger partial charge in [-0.2, -0.15) is 0 Å². The van der Waals surface area contributed by atoms with Gasteiger partial charge in [0.15, 0.2) is 0 Å². The summed E-state index contributed by atoms with van der Waals surface area (Å²) in [6.45, 7) is 0. The maximum Gasteiger partial charge on any atom is 0.0715 e. The molecule has 0 saturated heterocycles. The summed E-state index contributed by atoms with van der Waals surface area (Å²) in [6, 6.07) is 38.6. The van der Waals surface area contributed by atoms with Crippen molar-refractivity contribution in [3.8, 4) is 0 Å². The number of benzene rings is 6. The van der Waals surface area contributed by atoms with Gasteiger partial charge >= 0.3 is 0 Å². The molecule has 1 radical (unpaired) electrons. The summed E-state index contributed by atoms with van der Waals surface area (Å²) in [5.41, 5.74) is 2.02. The SMILES string of the molecule is c1ccc2c(c1)ccc1c([N]c3cccc4c3ccc3ccccc34)cccc12. The van der Waals surface area contributed by atoms with E-state index in [0.29, 0.717) is 0 Å². The molecular weight excluding hydrogens is 350 g/mol. The first kappa shape index (κ1) is 16.1. The maximum atomic E-state index is 5.11. The van der Waals surface area contributed by atoms with E-state index in [1.54, 1.807) is 0 Å². The highest BCUT2D eigenvalue weighted by molar-refractivity contribution is 6.13. The molecule has 1 nitrogen and oxygen atoms in total. The van der Waals surface area contributed by atoms with Crippen molar-refractivity contribution < 1.29 is 0 Å². The molecule has 0 N–H and O–H groups in total. The van der Waals surface area contributed by atoms with E-state index in [0.717, 1.165) is 11.4 Å². The molecule has 6 aromatic carbocycles.